The Kier molecular flexibility index (Phi) is 4.09. The minimum Gasteiger partial charge on any atom is -0.464 e. The maximum Gasteiger partial charge on any atom is 0.282 e. The Labute approximate surface area is 125 Å². The van der Waals surface area contributed by atoms with E-state index < -0.39 is 10.2 Å². The van der Waals surface area contributed by atoms with Crippen molar-refractivity contribution in [2.75, 3.05) is 33.4 Å². The predicted octanol–water partition coefficient (Wildman–Crippen LogP) is 1.41. The molecule has 7 heteroatoms. The van der Waals surface area contributed by atoms with Gasteiger partial charge in [-0.1, -0.05) is 6.92 Å². The van der Waals surface area contributed by atoms with Gasteiger partial charge in [-0.25, -0.2) is 0 Å². The molecule has 0 bridgehead atoms. The van der Waals surface area contributed by atoms with Crippen LogP contribution in [-0.4, -0.2) is 50.4 Å². The minimum atomic E-state index is -3.44. The molecule has 0 aromatic carbocycles. The van der Waals surface area contributed by atoms with Gasteiger partial charge in [0.05, 0.1) is 19.8 Å². The lowest BCUT2D eigenvalue weighted by Crippen LogP contribution is -2.46. The maximum atomic E-state index is 12.4. The molecule has 1 aliphatic heterocycles. The van der Waals surface area contributed by atoms with Gasteiger partial charge in [-0.05, 0) is 24.5 Å². The first-order valence-corrected chi connectivity index (χ1v) is 8.76. The van der Waals surface area contributed by atoms with E-state index in [1.54, 1.807) is 7.05 Å². The van der Waals surface area contributed by atoms with Crippen molar-refractivity contribution in [1.29, 1.82) is 0 Å². The summed E-state index contributed by atoms with van der Waals surface area (Å²) in [6.07, 6.45) is 1.16. The topological polar surface area (TPSA) is 63.0 Å². The Morgan fingerprint density at radius 2 is 2.00 bits per heavy atom. The van der Waals surface area contributed by atoms with Gasteiger partial charge in [0, 0.05) is 26.1 Å². The zero-order valence-electron chi connectivity index (χ0n) is 12.5. The van der Waals surface area contributed by atoms with Gasteiger partial charge in [-0.2, -0.15) is 17.0 Å². The van der Waals surface area contributed by atoms with E-state index in [4.69, 9.17) is 9.15 Å². The average Bonchev–Trinajstić information content (AvgIpc) is 3.02. The molecule has 2 aliphatic rings. The first-order chi connectivity index (χ1) is 9.98. The summed E-state index contributed by atoms with van der Waals surface area (Å²) in [5, 5.41) is 0. The average molecular weight is 314 g/mol. The lowest BCUT2D eigenvalue weighted by atomic mass is 10.3. The fourth-order valence-electron chi connectivity index (χ4n) is 2.67. The summed E-state index contributed by atoms with van der Waals surface area (Å²) < 4.78 is 38.7. The third-order valence-corrected chi connectivity index (χ3v) is 6.16. The van der Waals surface area contributed by atoms with E-state index in [1.807, 2.05) is 12.1 Å². The number of morpholine rings is 1. The Balaban J connectivity index is 1.64. The van der Waals surface area contributed by atoms with Gasteiger partial charge in [0.2, 0.25) is 0 Å². The number of rotatable bonds is 5. The van der Waals surface area contributed by atoms with Gasteiger partial charge in [0.15, 0.2) is 0 Å². The first kappa shape index (κ1) is 15.0. The highest BCUT2D eigenvalue weighted by Crippen LogP contribution is 2.47. The number of hydrogen-bond acceptors (Lipinski definition) is 4. The summed E-state index contributed by atoms with van der Waals surface area (Å²) in [6, 6.07) is 3.85. The highest BCUT2D eigenvalue weighted by molar-refractivity contribution is 7.86. The van der Waals surface area contributed by atoms with Gasteiger partial charge < -0.3 is 9.15 Å². The van der Waals surface area contributed by atoms with E-state index in [9.17, 15) is 8.42 Å². The van der Waals surface area contributed by atoms with E-state index in [-0.39, 0.29) is 6.54 Å². The molecular weight excluding hydrogens is 292 g/mol. The summed E-state index contributed by atoms with van der Waals surface area (Å²) in [5.41, 5.74) is 0. The van der Waals surface area contributed by atoms with Crippen LogP contribution in [0.2, 0.25) is 0 Å². The quantitative estimate of drug-likeness (QED) is 0.824. The molecule has 0 amide bonds. The number of nitrogens with zero attached hydrogens (tertiary/aromatic N) is 2. The van der Waals surface area contributed by atoms with Gasteiger partial charge in [0.1, 0.15) is 11.5 Å². The molecule has 1 saturated carbocycles. The molecule has 0 N–H and O–H groups in total. The van der Waals surface area contributed by atoms with Crippen molar-refractivity contribution < 1.29 is 17.6 Å². The van der Waals surface area contributed by atoms with E-state index in [0.717, 1.165) is 12.2 Å². The Morgan fingerprint density at radius 1 is 1.33 bits per heavy atom. The van der Waals surface area contributed by atoms with Gasteiger partial charge in [-0.3, -0.25) is 0 Å². The molecular formula is C14H22N2O4S. The maximum absolute atomic E-state index is 12.4. The van der Waals surface area contributed by atoms with Crippen LogP contribution in [0.1, 0.15) is 30.8 Å². The minimum absolute atomic E-state index is 0.265. The van der Waals surface area contributed by atoms with Crippen LogP contribution in [0.5, 0.6) is 0 Å². The highest BCUT2D eigenvalue weighted by atomic mass is 32.2. The number of hydrogen-bond donors (Lipinski definition) is 0. The number of ether oxygens (including phenoxy) is 1. The van der Waals surface area contributed by atoms with Crippen molar-refractivity contribution in [1.82, 2.24) is 8.61 Å². The fraction of sp³-hybridized carbons (Fsp3) is 0.714. The van der Waals surface area contributed by atoms with Crippen molar-refractivity contribution in [3.8, 4) is 0 Å². The summed E-state index contributed by atoms with van der Waals surface area (Å²) >= 11 is 0. The molecule has 1 aromatic rings. The van der Waals surface area contributed by atoms with Gasteiger partial charge in [-0.15, -0.1) is 0 Å². The zero-order valence-corrected chi connectivity index (χ0v) is 13.3. The highest BCUT2D eigenvalue weighted by Gasteiger charge is 2.37. The monoisotopic (exact) mass is 314 g/mol. The molecule has 118 valence electrons. The normalized spacial score (nSPS) is 27.2. The smallest absolute Gasteiger partial charge is 0.282 e. The third-order valence-electron chi connectivity index (χ3n) is 4.23. The molecule has 1 saturated heterocycles. The summed E-state index contributed by atoms with van der Waals surface area (Å²) in [4.78, 5) is 0. The van der Waals surface area contributed by atoms with E-state index in [1.165, 1.54) is 8.61 Å². The van der Waals surface area contributed by atoms with Crippen LogP contribution >= 0.6 is 0 Å². The van der Waals surface area contributed by atoms with E-state index in [0.29, 0.717) is 43.9 Å². The molecule has 0 radical (unpaired) electrons. The Bertz CT molecular complexity index is 592. The molecule has 2 heterocycles. The predicted molar refractivity (Wildman–Crippen MR) is 78.0 cm³/mol. The Hall–Kier alpha value is -0.890. The van der Waals surface area contributed by atoms with Gasteiger partial charge in [0.25, 0.3) is 10.2 Å². The van der Waals surface area contributed by atoms with Crippen molar-refractivity contribution in [3.63, 3.8) is 0 Å². The third kappa shape index (κ3) is 3.15. The van der Waals surface area contributed by atoms with Crippen LogP contribution in [0, 0.1) is 5.92 Å². The molecule has 21 heavy (non-hydrogen) atoms. The van der Waals surface area contributed by atoms with Crippen molar-refractivity contribution >= 4 is 10.2 Å². The molecule has 2 atom stereocenters. The van der Waals surface area contributed by atoms with E-state index in [2.05, 4.69) is 6.92 Å². The van der Waals surface area contributed by atoms with Crippen LogP contribution in [-0.2, 0) is 21.5 Å². The van der Waals surface area contributed by atoms with Crippen LogP contribution in [0.4, 0.5) is 0 Å². The second-order valence-electron chi connectivity index (χ2n) is 5.90. The van der Waals surface area contributed by atoms with Crippen molar-refractivity contribution in [2.24, 2.45) is 5.92 Å². The van der Waals surface area contributed by atoms with Crippen LogP contribution in [0.3, 0.4) is 0 Å². The molecule has 1 aromatic heterocycles. The SMILES string of the molecule is C[C@@H]1C[C@@H]1c1ccc(CN(C)S(=O)(=O)N2CCOCC2)o1. The first-order valence-electron chi connectivity index (χ1n) is 7.36. The molecule has 2 fully saturated rings. The fourth-order valence-corrected chi connectivity index (χ4v) is 3.97. The molecule has 1 aliphatic carbocycles. The standard InChI is InChI=1S/C14H22N2O4S/c1-11-9-13(11)14-4-3-12(20-14)10-15(2)21(17,18)16-5-7-19-8-6-16/h3-4,11,13H,5-10H2,1-2H3/t11-,13+/m1/s1. The molecule has 6 nitrogen and oxygen atoms in total. The molecule has 0 unspecified atom stereocenters. The largest absolute Gasteiger partial charge is 0.464 e. The van der Waals surface area contributed by atoms with Crippen molar-refractivity contribution in [3.05, 3.63) is 23.7 Å². The second-order valence-corrected chi connectivity index (χ2v) is 7.93. The zero-order chi connectivity index (χ0) is 15.0. The van der Waals surface area contributed by atoms with Crippen LogP contribution < -0.4 is 0 Å². The molecule has 3 rings (SSSR count). The summed E-state index contributed by atoms with van der Waals surface area (Å²) in [7, 11) is -1.85. The summed E-state index contributed by atoms with van der Waals surface area (Å²) in [5.74, 6) is 2.87. The Morgan fingerprint density at radius 3 is 2.62 bits per heavy atom. The lowest BCUT2D eigenvalue weighted by molar-refractivity contribution is 0.0704. The second kappa shape index (κ2) is 5.72. The van der Waals surface area contributed by atoms with Crippen LogP contribution in [0.15, 0.2) is 16.5 Å². The summed E-state index contributed by atoms with van der Waals surface area (Å²) in [6.45, 7) is 4.20. The van der Waals surface area contributed by atoms with Crippen molar-refractivity contribution in [2.45, 2.75) is 25.8 Å². The number of furan rings is 1. The molecule has 0 spiro atoms. The van der Waals surface area contributed by atoms with E-state index >= 15 is 0 Å². The lowest BCUT2D eigenvalue weighted by Gasteiger charge is -2.29. The van der Waals surface area contributed by atoms with Gasteiger partial charge >= 0.3 is 0 Å². The van der Waals surface area contributed by atoms with Crippen LogP contribution in [0.25, 0.3) is 0 Å².